The first-order valence-electron chi connectivity index (χ1n) is 12.4. The second kappa shape index (κ2) is 8.99. The average Bonchev–Trinajstić information content (AvgIpc) is 3.01. The van der Waals surface area contributed by atoms with Gasteiger partial charge in [0, 0.05) is 12.0 Å². The third-order valence-corrected chi connectivity index (χ3v) is 9.89. The maximum Gasteiger partial charge on any atom is 0.129 e. The van der Waals surface area contributed by atoms with Crippen molar-refractivity contribution in [2.24, 2.45) is 45.4 Å². The number of nitrogens with zero attached hydrogens (tertiary/aromatic N) is 1. The summed E-state index contributed by atoms with van der Waals surface area (Å²) in [6.07, 6.45) is 19.4. The van der Waals surface area contributed by atoms with E-state index in [0.717, 1.165) is 44.9 Å². The van der Waals surface area contributed by atoms with Crippen molar-refractivity contribution in [2.45, 2.75) is 83.3 Å². The molecule has 5 heteroatoms. The highest BCUT2D eigenvalue weighted by Crippen LogP contribution is 2.69. The van der Waals surface area contributed by atoms with E-state index in [2.05, 4.69) is 31.2 Å². The van der Waals surface area contributed by atoms with E-state index in [0.29, 0.717) is 42.2 Å². The molecule has 174 valence electrons. The molecule has 0 aliphatic heterocycles. The summed E-state index contributed by atoms with van der Waals surface area (Å²) in [5, 5.41) is 26.2. The largest absolute Gasteiger partial charge is 0.394 e. The summed E-state index contributed by atoms with van der Waals surface area (Å²) in [7, 11) is 0. The number of nitrogens with two attached hydrogens (primary N) is 1. The van der Waals surface area contributed by atoms with Crippen molar-refractivity contribution >= 4 is 6.21 Å². The Labute approximate surface area is 187 Å². The quantitative estimate of drug-likeness (QED) is 0.255. The zero-order chi connectivity index (χ0) is 22.1. The predicted octanol–water partition coefficient (Wildman–Crippen LogP) is 4.19. The molecule has 8 atom stereocenters. The fourth-order valence-corrected chi connectivity index (χ4v) is 8.05. The lowest BCUT2D eigenvalue weighted by atomic mass is 9.43. The number of allylic oxidation sites excluding steroid dienone is 4. The van der Waals surface area contributed by atoms with E-state index in [1.165, 1.54) is 12.8 Å². The van der Waals surface area contributed by atoms with E-state index in [-0.39, 0.29) is 11.5 Å². The van der Waals surface area contributed by atoms with Gasteiger partial charge in [0.1, 0.15) is 6.61 Å². The summed E-state index contributed by atoms with van der Waals surface area (Å²) < 4.78 is 0. The Balaban J connectivity index is 1.45. The third-order valence-electron chi connectivity index (χ3n) is 9.89. The predicted molar refractivity (Wildman–Crippen MR) is 124 cm³/mol. The molecule has 0 aromatic rings. The summed E-state index contributed by atoms with van der Waals surface area (Å²) in [5.74, 6) is 2.04. The molecular formula is C26H42N2O3. The molecule has 0 amide bonds. The van der Waals surface area contributed by atoms with Gasteiger partial charge < -0.3 is 20.8 Å². The Morgan fingerprint density at radius 2 is 1.84 bits per heavy atom. The SMILES string of the molecule is C[C@]12CC[C@H](O)C[C@H]1CC[C@@H]1[C@@H]2CC[C@]2(C)[C@@H](/C=C/C=C/C=N/OCCN)CC[C@]12O. The molecule has 4 fully saturated rings. The van der Waals surface area contributed by atoms with Crippen molar-refractivity contribution in [2.75, 3.05) is 13.2 Å². The Hall–Kier alpha value is -1.17. The third kappa shape index (κ3) is 3.91. The number of aliphatic hydroxyl groups is 2. The molecule has 0 aromatic carbocycles. The second-order valence-electron chi connectivity index (χ2n) is 11.1. The number of hydrogen-bond donors (Lipinski definition) is 3. The second-order valence-corrected chi connectivity index (χ2v) is 11.1. The van der Waals surface area contributed by atoms with Gasteiger partial charge in [-0.05, 0) is 93.0 Å². The van der Waals surface area contributed by atoms with Crippen LogP contribution < -0.4 is 5.73 Å². The Morgan fingerprint density at radius 1 is 1.00 bits per heavy atom. The fourth-order valence-electron chi connectivity index (χ4n) is 8.05. The Bertz CT molecular complexity index is 721. The zero-order valence-electron chi connectivity index (χ0n) is 19.4. The van der Waals surface area contributed by atoms with Gasteiger partial charge in [0.05, 0.1) is 17.9 Å². The smallest absolute Gasteiger partial charge is 0.129 e. The maximum atomic E-state index is 12.2. The summed E-state index contributed by atoms with van der Waals surface area (Å²) in [5.41, 5.74) is 5.05. The molecule has 5 nitrogen and oxygen atoms in total. The summed E-state index contributed by atoms with van der Waals surface area (Å²) in [6, 6.07) is 0. The molecule has 4 rings (SSSR count). The number of rotatable bonds is 6. The minimum Gasteiger partial charge on any atom is -0.394 e. The van der Waals surface area contributed by atoms with E-state index in [1.54, 1.807) is 6.21 Å². The van der Waals surface area contributed by atoms with Crippen LogP contribution in [0.2, 0.25) is 0 Å². The van der Waals surface area contributed by atoms with Gasteiger partial charge in [-0.2, -0.15) is 0 Å². The maximum absolute atomic E-state index is 12.2. The standard InChI is InChI=1S/C26H42N2O3/c1-24-12-10-21(29)18-20(24)7-8-23-22(24)11-13-25(2)19(9-14-26(23,25)30)6-4-3-5-16-28-31-17-15-27/h3-6,16,19-23,29-30H,7-15,17-18,27H2,1-2H3/b5-3+,6-4+,28-16+/t19-,20+,21-,22-,23+,24-,25+,26-/m0/s1. The zero-order valence-corrected chi connectivity index (χ0v) is 19.4. The average molecular weight is 431 g/mol. The van der Waals surface area contributed by atoms with E-state index in [9.17, 15) is 10.2 Å². The van der Waals surface area contributed by atoms with E-state index in [4.69, 9.17) is 10.6 Å². The molecule has 0 bridgehead atoms. The molecule has 31 heavy (non-hydrogen) atoms. The van der Waals surface area contributed by atoms with Crippen LogP contribution in [0.3, 0.4) is 0 Å². The molecule has 0 saturated heterocycles. The molecular weight excluding hydrogens is 388 g/mol. The first-order valence-corrected chi connectivity index (χ1v) is 12.4. The van der Waals surface area contributed by atoms with Gasteiger partial charge in [-0.15, -0.1) is 0 Å². The number of aliphatic hydroxyl groups excluding tert-OH is 1. The highest BCUT2D eigenvalue weighted by molar-refractivity contribution is 5.70. The van der Waals surface area contributed by atoms with Crippen LogP contribution in [0.15, 0.2) is 29.5 Å². The first-order chi connectivity index (χ1) is 14.8. The van der Waals surface area contributed by atoms with Crippen molar-refractivity contribution in [3.63, 3.8) is 0 Å². The summed E-state index contributed by atoms with van der Waals surface area (Å²) >= 11 is 0. The van der Waals surface area contributed by atoms with Crippen molar-refractivity contribution in [1.29, 1.82) is 0 Å². The van der Waals surface area contributed by atoms with Gasteiger partial charge in [-0.3, -0.25) is 0 Å². The van der Waals surface area contributed by atoms with Gasteiger partial charge >= 0.3 is 0 Å². The summed E-state index contributed by atoms with van der Waals surface area (Å²) in [6.45, 7) is 5.72. The topological polar surface area (TPSA) is 88.1 Å². The summed E-state index contributed by atoms with van der Waals surface area (Å²) in [4.78, 5) is 4.99. The van der Waals surface area contributed by atoms with Gasteiger partial charge in [-0.25, -0.2) is 0 Å². The minimum atomic E-state index is -0.559. The number of fused-ring (bicyclic) bond motifs is 5. The van der Waals surface area contributed by atoms with Crippen LogP contribution in [0.25, 0.3) is 0 Å². The van der Waals surface area contributed by atoms with Crippen LogP contribution in [-0.4, -0.2) is 41.3 Å². The molecule has 0 radical (unpaired) electrons. The molecule has 0 heterocycles. The lowest BCUT2D eigenvalue weighted by Crippen LogP contribution is -2.62. The van der Waals surface area contributed by atoms with E-state index < -0.39 is 5.60 Å². The molecule has 4 N–H and O–H groups in total. The highest BCUT2D eigenvalue weighted by atomic mass is 16.6. The van der Waals surface area contributed by atoms with Crippen LogP contribution in [0.5, 0.6) is 0 Å². The van der Waals surface area contributed by atoms with Crippen molar-refractivity contribution in [3.05, 3.63) is 24.3 Å². The normalized spacial score (nSPS) is 47.6. The molecule has 4 saturated carbocycles. The van der Waals surface area contributed by atoms with Gasteiger partial charge in [-0.1, -0.05) is 37.2 Å². The van der Waals surface area contributed by atoms with Gasteiger partial charge in [0.25, 0.3) is 0 Å². The lowest BCUT2D eigenvalue weighted by molar-refractivity contribution is -0.207. The van der Waals surface area contributed by atoms with Crippen LogP contribution in [0.1, 0.15) is 71.6 Å². The van der Waals surface area contributed by atoms with Gasteiger partial charge in [0.15, 0.2) is 0 Å². The van der Waals surface area contributed by atoms with Crippen molar-refractivity contribution < 1.29 is 15.1 Å². The van der Waals surface area contributed by atoms with Crippen LogP contribution >= 0.6 is 0 Å². The van der Waals surface area contributed by atoms with Crippen LogP contribution in [0, 0.1) is 34.5 Å². The Kier molecular flexibility index (Phi) is 6.67. The van der Waals surface area contributed by atoms with Crippen molar-refractivity contribution in [3.8, 4) is 0 Å². The van der Waals surface area contributed by atoms with Crippen LogP contribution in [-0.2, 0) is 4.84 Å². The minimum absolute atomic E-state index is 0.0474. The Morgan fingerprint density at radius 3 is 2.65 bits per heavy atom. The highest BCUT2D eigenvalue weighted by Gasteiger charge is 2.66. The number of oxime groups is 1. The molecule has 0 unspecified atom stereocenters. The monoisotopic (exact) mass is 430 g/mol. The fraction of sp³-hybridized carbons (Fsp3) is 0.808. The molecule has 0 aromatic heterocycles. The first kappa shape index (κ1) is 23.0. The van der Waals surface area contributed by atoms with E-state index in [1.807, 2.05) is 12.2 Å². The lowest BCUT2D eigenvalue weighted by Gasteiger charge is -2.63. The van der Waals surface area contributed by atoms with Crippen LogP contribution in [0.4, 0.5) is 0 Å². The molecule has 0 spiro atoms. The molecule has 4 aliphatic carbocycles. The molecule has 4 aliphatic rings. The van der Waals surface area contributed by atoms with E-state index >= 15 is 0 Å². The van der Waals surface area contributed by atoms with Crippen molar-refractivity contribution in [1.82, 2.24) is 0 Å². The number of hydrogen-bond acceptors (Lipinski definition) is 5. The van der Waals surface area contributed by atoms with Gasteiger partial charge in [0.2, 0.25) is 0 Å².